The molecular weight excluding hydrogens is 396 g/mol. The van der Waals surface area contributed by atoms with E-state index in [9.17, 15) is 13.9 Å². The van der Waals surface area contributed by atoms with E-state index in [2.05, 4.69) is 25.5 Å². The summed E-state index contributed by atoms with van der Waals surface area (Å²) in [4.78, 5) is 8.26. The molecule has 0 aliphatic carbocycles. The highest BCUT2D eigenvalue weighted by Gasteiger charge is 2.57. The van der Waals surface area contributed by atoms with E-state index >= 15 is 0 Å². The molecule has 2 N–H and O–H groups in total. The number of piperidine rings is 1. The molecule has 156 valence electrons. The number of aromatic hydroxyl groups is 1. The number of nitrogens with zero attached hydrogens (tertiary/aromatic N) is 4. The van der Waals surface area contributed by atoms with E-state index in [4.69, 9.17) is 9.47 Å². The molecule has 0 saturated carbocycles. The number of methoxy groups -OCH3 is 1. The summed E-state index contributed by atoms with van der Waals surface area (Å²) in [5.41, 5.74) is 0.419. The van der Waals surface area contributed by atoms with E-state index in [-0.39, 0.29) is 30.3 Å². The first-order chi connectivity index (χ1) is 14.4. The first-order valence-electron chi connectivity index (χ1n) is 9.55. The van der Waals surface area contributed by atoms with E-state index in [0.717, 1.165) is 10.8 Å². The standard InChI is InChI=1S/C20H19F2N5O3/c1-29-18-13-7-20(21,22)16(25-13)6-15(18)30-17-9-24-19(27-26-17)12-4-10-2-3-23-8-11(10)5-14(12)28/h2-5,8-9,13,15-16,18,25,28H,6-7H2,1H3/t13-,15+,16-,18+/m1/s1. The average molecular weight is 415 g/mol. The number of hydrogen-bond acceptors (Lipinski definition) is 8. The van der Waals surface area contributed by atoms with Crippen LogP contribution in [-0.2, 0) is 4.74 Å². The van der Waals surface area contributed by atoms with Gasteiger partial charge in [0, 0.05) is 43.8 Å². The molecule has 0 amide bonds. The number of fused-ring (bicyclic) bond motifs is 3. The summed E-state index contributed by atoms with van der Waals surface area (Å²) in [6.07, 6.45) is 3.35. The van der Waals surface area contributed by atoms with Crippen LogP contribution in [0.5, 0.6) is 11.6 Å². The maximum atomic E-state index is 14.1. The van der Waals surface area contributed by atoms with Crippen LogP contribution in [0.2, 0.25) is 0 Å². The minimum atomic E-state index is -2.80. The van der Waals surface area contributed by atoms with Crippen LogP contribution in [0.15, 0.2) is 36.8 Å². The Morgan fingerprint density at radius 2 is 2.07 bits per heavy atom. The summed E-state index contributed by atoms with van der Waals surface area (Å²) >= 11 is 0. The topological polar surface area (TPSA) is 102 Å². The van der Waals surface area contributed by atoms with Gasteiger partial charge in [-0.1, -0.05) is 0 Å². The molecule has 2 saturated heterocycles. The smallest absolute Gasteiger partial charge is 0.264 e. The lowest BCUT2D eigenvalue weighted by Crippen LogP contribution is -2.55. The van der Waals surface area contributed by atoms with Gasteiger partial charge in [-0.15, -0.1) is 10.2 Å². The quantitative estimate of drug-likeness (QED) is 0.670. The number of phenols is 1. The predicted molar refractivity (Wildman–Crippen MR) is 102 cm³/mol. The molecule has 10 heteroatoms. The fourth-order valence-electron chi connectivity index (χ4n) is 4.28. The van der Waals surface area contributed by atoms with Crippen LogP contribution in [0.25, 0.3) is 22.2 Å². The lowest BCUT2D eigenvalue weighted by molar-refractivity contribution is -0.0492. The SMILES string of the molecule is CO[C@@H]1[C@@H](Oc2cnc(-c3cc4ccncc4cc3O)nn2)C[C@H]2N[C@@H]1CC2(F)F. The molecule has 0 spiro atoms. The fourth-order valence-corrected chi connectivity index (χ4v) is 4.28. The van der Waals surface area contributed by atoms with Gasteiger partial charge < -0.3 is 19.9 Å². The first kappa shape index (κ1) is 19.0. The summed E-state index contributed by atoms with van der Waals surface area (Å²) in [6.45, 7) is 0. The lowest BCUT2D eigenvalue weighted by Gasteiger charge is -2.35. The molecule has 2 aliphatic rings. The third kappa shape index (κ3) is 3.21. The molecule has 0 radical (unpaired) electrons. The monoisotopic (exact) mass is 415 g/mol. The Labute approximate surface area is 170 Å². The molecule has 8 nitrogen and oxygen atoms in total. The van der Waals surface area contributed by atoms with Crippen LogP contribution in [0.4, 0.5) is 8.78 Å². The molecule has 30 heavy (non-hydrogen) atoms. The van der Waals surface area contributed by atoms with E-state index in [1.54, 1.807) is 24.5 Å². The Kier molecular flexibility index (Phi) is 4.48. The number of hydrogen-bond donors (Lipinski definition) is 2. The van der Waals surface area contributed by atoms with Crippen LogP contribution >= 0.6 is 0 Å². The number of benzene rings is 1. The normalized spacial score (nSPS) is 27.3. The van der Waals surface area contributed by atoms with Gasteiger partial charge in [-0.2, -0.15) is 0 Å². The van der Waals surface area contributed by atoms with E-state index in [1.807, 2.05) is 6.07 Å². The molecule has 0 unspecified atom stereocenters. The largest absolute Gasteiger partial charge is 0.507 e. The number of aromatic nitrogens is 4. The number of ether oxygens (including phenoxy) is 2. The highest BCUT2D eigenvalue weighted by atomic mass is 19.3. The number of pyridine rings is 1. The van der Waals surface area contributed by atoms with Crippen LogP contribution in [-0.4, -0.2) is 62.6 Å². The van der Waals surface area contributed by atoms with Gasteiger partial charge in [-0.25, -0.2) is 13.8 Å². The van der Waals surface area contributed by atoms with Crippen molar-refractivity contribution in [2.45, 2.75) is 43.1 Å². The van der Waals surface area contributed by atoms with Crippen LogP contribution in [0.3, 0.4) is 0 Å². The maximum Gasteiger partial charge on any atom is 0.264 e. The minimum Gasteiger partial charge on any atom is -0.507 e. The van der Waals surface area contributed by atoms with Gasteiger partial charge >= 0.3 is 0 Å². The van der Waals surface area contributed by atoms with Crippen LogP contribution < -0.4 is 10.1 Å². The van der Waals surface area contributed by atoms with Crippen molar-refractivity contribution in [2.75, 3.05) is 7.11 Å². The summed E-state index contributed by atoms with van der Waals surface area (Å²) in [7, 11) is 1.48. The third-order valence-electron chi connectivity index (χ3n) is 5.73. The van der Waals surface area contributed by atoms with E-state index < -0.39 is 30.2 Å². The molecule has 2 fully saturated rings. The van der Waals surface area contributed by atoms with Crippen molar-refractivity contribution >= 4 is 10.8 Å². The highest BCUT2D eigenvalue weighted by molar-refractivity contribution is 5.88. The Morgan fingerprint density at radius 1 is 1.20 bits per heavy atom. The van der Waals surface area contributed by atoms with Gasteiger partial charge in [-0.05, 0) is 23.6 Å². The van der Waals surface area contributed by atoms with Gasteiger partial charge in [0.2, 0.25) is 0 Å². The highest BCUT2D eigenvalue weighted by Crippen LogP contribution is 2.41. The summed E-state index contributed by atoms with van der Waals surface area (Å²) < 4.78 is 39.4. The molecule has 4 heterocycles. The maximum absolute atomic E-state index is 14.1. The van der Waals surface area contributed by atoms with Gasteiger partial charge in [0.1, 0.15) is 18.0 Å². The lowest BCUT2D eigenvalue weighted by atomic mass is 9.99. The van der Waals surface area contributed by atoms with Crippen molar-refractivity contribution in [3.05, 3.63) is 36.8 Å². The van der Waals surface area contributed by atoms with Crippen molar-refractivity contribution < 1.29 is 23.4 Å². The Balaban J connectivity index is 1.37. The average Bonchev–Trinajstić information content (AvgIpc) is 2.97. The Hall–Kier alpha value is -2.98. The predicted octanol–water partition coefficient (Wildman–Crippen LogP) is 2.32. The van der Waals surface area contributed by atoms with Gasteiger partial charge in [0.25, 0.3) is 11.8 Å². The zero-order valence-corrected chi connectivity index (χ0v) is 16.0. The minimum absolute atomic E-state index is 0.00239. The Morgan fingerprint density at radius 3 is 2.83 bits per heavy atom. The summed E-state index contributed by atoms with van der Waals surface area (Å²) in [5, 5.41) is 23.0. The number of halogens is 2. The zero-order chi connectivity index (χ0) is 20.9. The van der Waals surface area contributed by atoms with Gasteiger partial charge in [0.15, 0.2) is 5.82 Å². The van der Waals surface area contributed by atoms with Crippen molar-refractivity contribution in [3.63, 3.8) is 0 Å². The molecule has 4 atom stereocenters. The number of nitrogens with one attached hydrogen (secondary N) is 1. The third-order valence-corrected chi connectivity index (χ3v) is 5.73. The van der Waals surface area contributed by atoms with Gasteiger partial charge in [0.05, 0.1) is 17.8 Å². The van der Waals surface area contributed by atoms with Crippen molar-refractivity contribution in [2.24, 2.45) is 0 Å². The number of phenolic OH excluding ortho intramolecular Hbond substituents is 1. The molecule has 2 aromatic heterocycles. The summed E-state index contributed by atoms with van der Waals surface area (Å²) in [5.74, 6) is -2.46. The van der Waals surface area contributed by atoms with Crippen molar-refractivity contribution in [3.8, 4) is 23.0 Å². The molecule has 3 aromatic rings. The second kappa shape index (κ2) is 7.06. The number of rotatable bonds is 4. The molecule has 1 aromatic carbocycles. The second-order valence-corrected chi connectivity index (χ2v) is 7.60. The second-order valence-electron chi connectivity index (χ2n) is 7.60. The Bertz CT molecular complexity index is 1080. The fraction of sp³-hybridized carbons (Fsp3) is 0.400. The molecular formula is C20H19F2N5O3. The molecule has 2 bridgehead atoms. The van der Waals surface area contributed by atoms with Gasteiger partial charge in [-0.3, -0.25) is 4.98 Å². The van der Waals surface area contributed by atoms with Crippen molar-refractivity contribution in [1.82, 2.24) is 25.5 Å². The van der Waals surface area contributed by atoms with Crippen LogP contribution in [0, 0.1) is 0 Å². The van der Waals surface area contributed by atoms with E-state index in [0.29, 0.717) is 5.56 Å². The molecule has 5 rings (SSSR count). The number of alkyl halides is 2. The first-order valence-corrected chi connectivity index (χ1v) is 9.55. The van der Waals surface area contributed by atoms with Crippen molar-refractivity contribution in [1.29, 1.82) is 0 Å². The van der Waals surface area contributed by atoms with E-state index in [1.165, 1.54) is 13.3 Å². The summed E-state index contributed by atoms with van der Waals surface area (Å²) in [6, 6.07) is 3.70. The zero-order valence-electron chi connectivity index (χ0n) is 16.0. The van der Waals surface area contributed by atoms with Crippen LogP contribution in [0.1, 0.15) is 12.8 Å². The molecule has 2 aliphatic heterocycles.